The van der Waals surface area contributed by atoms with Crippen LogP contribution in [0.3, 0.4) is 0 Å². The van der Waals surface area contributed by atoms with Crippen LogP contribution in [0.25, 0.3) is 0 Å². The molecule has 1 unspecified atom stereocenters. The Bertz CT molecular complexity index is 178. The van der Waals surface area contributed by atoms with Crippen molar-refractivity contribution in [2.75, 3.05) is 19.8 Å². The monoisotopic (exact) mass is 255 g/mol. The third-order valence-corrected chi connectivity index (χ3v) is 4.07. The molecule has 0 amide bonds. The summed E-state index contributed by atoms with van der Waals surface area (Å²) in [6, 6.07) is 0.752. The molecule has 1 aliphatic carbocycles. The van der Waals surface area contributed by atoms with E-state index >= 15 is 0 Å². The summed E-state index contributed by atoms with van der Waals surface area (Å²) < 4.78 is 5.66. The molecule has 0 aromatic rings. The van der Waals surface area contributed by atoms with Crippen molar-refractivity contribution in [1.29, 1.82) is 0 Å². The SMILES string of the molecule is CCCCOCCCC(NCCC)C1CCCC1. The highest BCUT2D eigenvalue weighted by molar-refractivity contribution is 4.80. The van der Waals surface area contributed by atoms with Crippen LogP contribution in [0, 0.1) is 5.92 Å². The number of ether oxygens (including phenoxy) is 1. The predicted octanol–water partition coefficient (Wildman–Crippen LogP) is 4.14. The van der Waals surface area contributed by atoms with Gasteiger partial charge in [-0.25, -0.2) is 0 Å². The Labute approximate surface area is 114 Å². The minimum absolute atomic E-state index is 0.752. The molecule has 0 aliphatic heterocycles. The number of unbranched alkanes of at least 4 members (excludes halogenated alkanes) is 1. The highest BCUT2D eigenvalue weighted by Crippen LogP contribution is 2.29. The van der Waals surface area contributed by atoms with Gasteiger partial charge in [-0.05, 0) is 51.0 Å². The van der Waals surface area contributed by atoms with Gasteiger partial charge in [-0.1, -0.05) is 33.1 Å². The van der Waals surface area contributed by atoms with Gasteiger partial charge in [-0.15, -0.1) is 0 Å². The lowest BCUT2D eigenvalue weighted by atomic mass is 9.94. The molecule has 2 nitrogen and oxygen atoms in total. The van der Waals surface area contributed by atoms with Crippen LogP contribution in [0.1, 0.15) is 71.6 Å². The van der Waals surface area contributed by atoms with Crippen LogP contribution in [-0.4, -0.2) is 25.8 Å². The van der Waals surface area contributed by atoms with Crippen LogP contribution in [0.15, 0.2) is 0 Å². The van der Waals surface area contributed by atoms with E-state index in [9.17, 15) is 0 Å². The van der Waals surface area contributed by atoms with Crippen molar-refractivity contribution in [2.24, 2.45) is 5.92 Å². The zero-order valence-corrected chi connectivity index (χ0v) is 12.5. The Kier molecular flexibility index (Phi) is 9.59. The maximum Gasteiger partial charge on any atom is 0.0466 e. The van der Waals surface area contributed by atoms with Crippen molar-refractivity contribution < 1.29 is 4.74 Å². The molecule has 0 heterocycles. The maximum atomic E-state index is 5.66. The highest BCUT2D eigenvalue weighted by Gasteiger charge is 2.23. The standard InChI is InChI=1S/C16H33NO/c1-3-5-13-18-14-8-11-16(17-12-4-2)15-9-6-7-10-15/h15-17H,3-14H2,1-2H3. The van der Waals surface area contributed by atoms with Gasteiger partial charge in [-0.2, -0.15) is 0 Å². The fourth-order valence-electron chi connectivity index (χ4n) is 2.95. The van der Waals surface area contributed by atoms with Crippen LogP contribution in [0.4, 0.5) is 0 Å². The lowest BCUT2D eigenvalue weighted by molar-refractivity contribution is 0.123. The normalized spacial score (nSPS) is 18.3. The van der Waals surface area contributed by atoms with Crippen molar-refractivity contribution in [3.63, 3.8) is 0 Å². The average molecular weight is 255 g/mol. The first kappa shape index (κ1) is 16.0. The molecule has 108 valence electrons. The molecule has 2 heteroatoms. The number of rotatable bonds is 11. The van der Waals surface area contributed by atoms with E-state index in [0.29, 0.717) is 0 Å². The van der Waals surface area contributed by atoms with Crippen LogP contribution in [0.2, 0.25) is 0 Å². The van der Waals surface area contributed by atoms with Gasteiger partial charge in [0.1, 0.15) is 0 Å². The summed E-state index contributed by atoms with van der Waals surface area (Å²) in [4.78, 5) is 0. The van der Waals surface area contributed by atoms with Crippen molar-refractivity contribution in [2.45, 2.75) is 77.7 Å². The summed E-state index contributed by atoms with van der Waals surface area (Å²) in [5.41, 5.74) is 0. The van der Waals surface area contributed by atoms with E-state index in [-0.39, 0.29) is 0 Å². The Hall–Kier alpha value is -0.0800. The predicted molar refractivity (Wildman–Crippen MR) is 79.0 cm³/mol. The second-order valence-electron chi connectivity index (χ2n) is 5.71. The van der Waals surface area contributed by atoms with Gasteiger partial charge in [0, 0.05) is 19.3 Å². The van der Waals surface area contributed by atoms with Crippen molar-refractivity contribution >= 4 is 0 Å². The van der Waals surface area contributed by atoms with E-state index in [4.69, 9.17) is 4.74 Å². The fraction of sp³-hybridized carbons (Fsp3) is 1.00. The van der Waals surface area contributed by atoms with E-state index in [0.717, 1.165) is 25.2 Å². The molecule has 0 aromatic carbocycles. The number of hydrogen-bond donors (Lipinski definition) is 1. The van der Waals surface area contributed by atoms with Gasteiger partial charge >= 0.3 is 0 Å². The molecule has 0 aromatic heterocycles. The summed E-state index contributed by atoms with van der Waals surface area (Å²) in [5.74, 6) is 0.937. The van der Waals surface area contributed by atoms with E-state index in [2.05, 4.69) is 19.2 Å². The second-order valence-corrected chi connectivity index (χ2v) is 5.71. The topological polar surface area (TPSA) is 21.3 Å². The minimum atomic E-state index is 0.752. The molecule has 1 aliphatic rings. The van der Waals surface area contributed by atoms with Gasteiger partial charge in [0.15, 0.2) is 0 Å². The lowest BCUT2D eigenvalue weighted by Crippen LogP contribution is -2.35. The first-order valence-corrected chi connectivity index (χ1v) is 8.19. The van der Waals surface area contributed by atoms with Crippen LogP contribution in [0.5, 0.6) is 0 Å². The molecule has 1 atom stereocenters. The molecule has 0 saturated heterocycles. The van der Waals surface area contributed by atoms with E-state index in [1.54, 1.807) is 0 Å². The Morgan fingerprint density at radius 1 is 1.06 bits per heavy atom. The molecule has 0 bridgehead atoms. The van der Waals surface area contributed by atoms with E-state index in [1.807, 2.05) is 0 Å². The van der Waals surface area contributed by atoms with Gasteiger partial charge < -0.3 is 10.1 Å². The molecule has 1 saturated carbocycles. The molecule has 1 rings (SSSR count). The second kappa shape index (κ2) is 10.8. The molecule has 0 spiro atoms. The van der Waals surface area contributed by atoms with Crippen molar-refractivity contribution in [1.82, 2.24) is 5.32 Å². The van der Waals surface area contributed by atoms with E-state index in [1.165, 1.54) is 64.3 Å². The zero-order chi connectivity index (χ0) is 13.1. The molecule has 18 heavy (non-hydrogen) atoms. The zero-order valence-electron chi connectivity index (χ0n) is 12.5. The molecular weight excluding hydrogens is 222 g/mol. The smallest absolute Gasteiger partial charge is 0.0466 e. The van der Waals surface area contributed by atoms with Gasteiger partial charge in [0.25, 0.3) is 0 Å². The van der Waals surface area contributed by atoms with Gasteiger partial charge in [-0.3, -0.25) is 0 Å². The van der Waals surface area contributed by atoms with Gasteiger partial charge in [0.2, 0.25) is 0 Å². The average Bonchev–Trinajstić information content (AvgIpc) is 2.91. The first-order chi connectivity index (χ1) is 8.88. The van der Waals surface area contributed by atoms with Crippen LogP contribution >= 0.6 is 0 Å². The molecular formula is C16H33NO. The summed E-state index contributed by atoms with van der Waals surface area (Å²) in [6.07, 6.45) is 12.0. The highest BCUT2D eigenvalue weighted by atomic mass is 16.5. The molecule has 1 fully saturated rings. The fourth-order valence-corrected chi connectivity index (χ4v) is 2.95. The third-order valence-electron chi connectivity index (χ3n) is 4.07. The molecule has 1 N–H and O–H groups in total. The quantitative estimate of drug-likeness (QED) is 0.560. The summed E-state index contributed by atoms with van der Waals surface area (Å²) in [7, 11) is 0. The Balaban J connectivity index is 2.11. The first-order valence-electron chi connectivity index (χ1n) is 8.19. The Morgan fingerprint density at radius 3 is 2.44 bits per heavy atom. The van der Waals surface area contributed by atoms with Crippen molar-refractivity contribution in [3.8, 4) is 0 Å². The molecule has 0 radical (unpaired) electrons. The lowest BCUT2D eigenvalue weighted by Gasteiger charge is -2.24. The van der Waals surface area contributed by atoms with Gasteiger partial charge in [0.05, 0.1) is 0 Å². The van der Waals surface area contributed by atoms with Crippen molar-refractivity contribution in [3.05, 3.63) is 0 Å². The summed E-state index contributed by atoms with van der Waals surface area (Å²) in [6.45, 7) is 7.56. The number of hydrogen-bond acceptors (Lipinski definition) is 2. The maximum absolute atomic E-state index is 5.66. The Morgan fingerprint density at radius 2 is 1.78 bits per heavy atom. The van der Waals surface area contributed by atoms with Crippen LogP contribution < -0.4 is 5.32 Å². The third kappa shape index (κ3) is 6.75. The van der Waals surface area contributed by atoms with Crippen LogP contribution in [-0.2, 0) is 4.74 Å². The summed E-state index contributed by atoms with van der Waals surface area (Å²) in [5, 5.41) is 3.76. The summed E-state index contributed by atoms with van der Waals surface area (Å²) >= 11 is 0. The number of nitrogens with one attached hydrogen (secondary N) is 1. The minimum Gasteiger partial charge on any atom is -0.381 e. The van der Waals surface area contributed by atoms with E-state index < -0.39 is 0 Å². The largest absolute Gasteiger partial charge is 0.381 e.